The normalized spacial score (nSPS) is 21.8. The third-order valence-electron chi connectivity index (χ3n) is 5.17. The highest BCUT2D eigenvalue weighted by molar-refractivity contribution is 7.89. The standard InChI is InChI=1S/C19H19NO4S/c21-25(22,16-9-7-15(8-10-16)14-5-6-14)20-12-11-19(13-20)23-17-3-1-2-4-18(17)24-19/h1-4,7-10,14H,5-6,11-13H2. The average Bonchev–Trinajstić information content (AvgIpc) is 3.29. The number of nitrogens with zero attached hydrogens (tertiary/aromatic N) is 1. The van der Waals surface area contributed by atoms with Gasteiger partial charge >= 0.3 is 0 Å². The molecule has 1 aliphatic carbocycles. The fraction of sp³-hybridized carbons (Fsp3) is 0.368. The Balaban J connectivity index is 1.37. The van der Waals surface area contributed by atoms with Crippen LogP contribution in [-0.4, -0.2) is 31.6 Å². The van der Waals surface area contributed by atoms with Gasteiger partial charge in [-0.05, 0) is 48.6 Å². The van der Waals surface area contributed by atoms with Gasteiger partial charge in [-0.25, -0.2) is 8.42 Å². The zero-order valence-corrected chi connectivity index (χ0v) is 14.5. The van der Waals surface area contributed by atoms with E-state index in [1.54, 1.807) is 12.1 Å². The Morgan fingerprint density at radius 2 is 1.60 bits per heavy atom. The van der Waals surface area contributed by atoms with Gasteiger partial charge in [-0.3, -0.25) is 0 Å². The number of rotatable bonds is 3. The molecule has 0 unspecified atom stereocenters. The summed E-state index contributed by atoms with van der Waals surface area (Å²) in [5, 5.41) is 0. The summed E-state index contributed by atoms with van der Waals surface area (Å²) in [6, 6.07) is 14.8. The van der Waals surface area contributed by atoms with Gasteiger partial charge in [-0.15, -0.1) is 0 Å². The number of sulfonamides is 1. The van der Waals surface area contributed by atoms with E-state index < -0.39 is 15.8 Å². The molecule has 130 valence electrons. The summed E-state index contributed by atoms with van der Waals surface area (Å²) in [4.78, 5) is 0.337. The first-order valence-corrected chi connectivity index (χ1v) is 10.1. The number of hydrogen-bond donors (Lipinski definition) is 0. The largest absolute Gasteiger partial charge is 0.447 e. The molecule has 2 heterocycles. The lowest BCUT2D eigenvalue weighted by Gasteiger charge is -2.23. The molecule has 0 aromatic heterocycles. The predicted octanol–water partition coefficient (Wildman–Crippen LogP) is 3.13. The Bertz CT molecular complexity index is 894. The van der Waals surface area contributed by atoms with Gasteiger partial charge in [0.25, 0.3) is 5.79 Å². The summed E-state index contributed by atoms with van der Waals surface area (Å²) in [6.45, 7) is 0.592. The number of para-hydroxylation sites is 2. The lowest BCUT2D eigenvalue weighted by Crippen LogP contribution is -2.42. The van der Waals surface area contributed by atoms with Gasteiger partial charge in [0.05, 0.1) is 11.4 Å². The summed E-state index contributed by atoms with van der Waals surface area (Å²) in [7, 11) is -3.54. The smallest absolute Gasteiger partial charge is 0.266 e. The van der Waals surface area contributed by atoms with Gasteiger partial charge in [-0.2, -0.15) is 4.31 Å². The fourth-order valence-corrected chi connectivity index (χ4v) is 5.09. The second kappa shape index (κ2) is 5.22. The monoisotopic (exact) mass is 357 g/mol. The average molecular weight is 357 g/mol. The second-order valence-corrected chi connectivity index (χ2v) is 8.93. The zero-order valence-electron chi connectivity index (χ0n) is 13.7. The minimum absolute atomic E-state index is 0.203. The molecule has 2 aliphatic heterocycles. The van der Waals surface area contributed by atoms with Gasteiger partial charge in [0.15, 0.2) is 11.5 Å². The molecule has 5 rings (SSSR count). The maximum absolute atomic E-state index is 13.0. The van der Waals surface area contributed by atoms with E-state index in [9.17, 15) is 8.42 Å². The van der Waals surface area contributed by atoms with Crippen LogP contribution in [0.2, 0.25) is 0 Å². The van der Waals surface area contributed by atoms with Gasteiger partial charge in [0.2, 0.25) is 10.0 Å². The summed E-state index contributed by atoms with van der Waals surface area (Å²) >= 11 is 0. The molecule has 2 aromatic carbocycles. The molecule has 2 aromatic rings. The Hall–Kier alpha value is -2.05. The third kappa shape index (κ3) is 2.51. The molecule has 5 nitrogen and oxygen atoms in total. The van der Waals surface area contributed by atoms with Crippen LogP contribution in [0.3, 0.4) is 0 Å². The van der Waals surface area contributed by atoms with E-state index in [2.05, 4.69) is 0 Å². The highest BCUT2D eigenvalue weighted by Crippen LogP contribution is 2.44. The summed E-state index contributed by atoms with van der Waals surface area (Å²) in [6.07, 6.45) is 2.92. The van der Waals surface area contributed by atoms with Crippen LogP contribution in [0.5, 0.6) is 11.5 Å². The van der Waals surface area contributed by atoms with Crippen molar-refractivity contribution in [2.45, 2.75) is 35.9 Å². The van der Waals surface area contributed by atoms with Crippen molar-refractivity contribution in [2.75, 3.05) is 13.1 Å². The minimum atomic E-state index is -3.54. The fourth-order valence-electron chi connectivity index (χ4n) is 3.61. The van der Waals surface area contributed by atoms with E-state index in [1.165, 1.54) is 22.7 Å². The molecule has 0 atom stereocenters. The van der Waals surface area contributed by atoms with Crippen LogP contribution >= 0.6 is 0 Å². The van der Waals surface area contributed by atoms with Crippen molar-refractivity contribution in [3.05, 3.63) is 54.1 Å². The van der Waals surface area contributed by atoms with Crippen LogP contribution < -0.4 is 9.47 Å². The number of benzene rings is 2. The van der Waals surface area contributed by atoms with Crippen molar-refractivity contribution in [2.24, 2.45) is 0 Å². The van der Waals surface area contributed by atoms with E-state index >= 15 is 0 Å². The molecule has 0 radical (unpaired) electrons. The topological polar surface area (TPSA) is 55.8 Å². The van der Waals surface area contributed by atoms with Crippen molar-refractivity contribution in [3.8, 4) is 11.5 Å². The molecule has 1 saturated carbocycles. The minimum Gasteiger partial charge on any atom is -0.447 e. The van der Waals surface area contributed by atoms with E-state index in [1.807, 2.05) is 36.4 Å². The number of ether oxygens (including phenoxy) is 2. The van der Waals surface area contributed by atoms with Crippen LogP contribution in [0, 0.1) is 0 Å². The quantitative estimate of drug-likeness (QED) is 0.847. The summed E-state index contributed by atoms with van der Waals surface area (Å²) in [5.74, 6) is 1.07. The van der Waals surface area contributed by atoms with E-state index in [4.69, 9.17) is 9.47 Å². The number of hydrogen-bond acceptors (Lipinski definition) is 4. The van der Waals surface area contributed by atoms with Crippen LogP contribution in [0.25, 0.3) is 0 Å². The highest BCUT2D eigenvalue weighted by atomic mass is 32.2. The molecule has 0 bridgehead atoms. The zero-order chi connectivity index (χ0) is 17.1. The molecule has 1 spiro atoms. The summed E-state index contributed by atoms with van der Waals surface area (Å²) in [5.41, 5.74) is 1.23. The summed E-state index contributed by atoms with van der Waals surface area (Å²) < 4.78 is 39.3. The van der Waals surface area contributed by atoms with Gasteiger partial charge in [0, 0.05) is 13.0 Å². The third-order valence-corrected chi connectivity index (χ3v) is 7.03. The van der Waals surface area contributed by atoms with Crippen molar-refractivity contribution >= 4 is 10.0 Å². The van der Waals surface area contributed by atoms with Crippen molar-refractivity contribution in [3.63, 3.8) is 0 Å². The van der Waals surface area contributed by atoms with Crippen molar-refractivity contribution < 1.29 is 17.9 Å². The van der Waals surface area contributed by atoms with Crippen molar-refractivity contribution in [1.82, 2.24) is 4.31 Å². The maximum atomic E-state index is 13.0. The van der Waals surface area contributed by atoms with Crippen molar-refractivity contribution in [1.29, 1.82) is 0 Å². The Morgan fingerprint density at radius 3 is 2.20 bits per heavy atom. The molecule has 25 heavy (non-hydrogen) atoms. The first-order valence-electron chi connectivity index (χ1n) is 8.63. The molecule has 3 aliphatic rings. The molecular weight excluding hydrogens is 338 g/mol. The second-order valence-electron chi connectivity index (χ2n) is 6.99. The Kier molecular flexibility index (Phi) is 3.18. The molecule has 2 fully saturated rings. The SMILES string of the molecule is O=S(=O)(c1ccc(C2CC2)cc1)N1CCC2(C1)Oc1ccccc1O2. The molecule has 0 N–H and O–H groups in total. The van der Waals surface area contributed by atoms with E-state index in [0.29, 0.717) is 35.3 Å². The Morgan fingerprint density at radius 1 is 0.960 bits per heavy atom. The first-order chi connectivity index (χ1) is 12.1. The molecule has 0 amide bonds. The molecule has 6 heteroatoms. The molecular formula is C19H19NO4S. The van der Waals surface area contributed by atoms with Crippen LogP contribution in [-0.2, 0) is 10.0 Å². The lowest BCUT2D eigenvalue weighted by molar-refractivity contribution is -0.0633. The maximum Gasteiger partial charge on any atom is 0.266 e. The molecule has 1 saturated heterocycles. The van der Waals surface area contributed by atoms with Gasteiger partial charge in [-0.1, -0.05) is 24.3 Å². The van der Waals surface area contributed by atoms with Crippen LogP contribution in [0.15, 0.2) is 53.4 Å². The Labute approximate surface area is 147 Å². The van der Waals surface area contributed by atoms with Crippen LogP contribution in [0.4, 0.5) is 0 Å². The lowest BCUT2D eigenvalue weighted by atomic mass is 10.1. The van der Waals surface area contributed by atoms with E-state index in [-0.39, 0.29) is 6.54 Å². The van der Waals surface area contributed by atoms with E-state index in [0.717, 1.165) is 0 Å². The van der Waals surface area contributed by atoms with Gasteiger partial charge < -0.3 is 9.47 Å². The highest BCUT2D eigenvalue weighted by Gasteiger charge is 2.50. The first kappa shape index (κ1) is 15.2. The van der Waals surface area contributed by atoms with Crippen LogP contribution in [0.1, 0.15) is 30.7 Å². The predicted molar refractivity (Wildman–Crippen MR) is 92.2 cm³/mol. The number of fused-ring (bicyclic) bond motifs is 1. The van der Waals surface area contributed by atoms with Gasteiger partial charge in [0.1, 0.15) is 0 Å².